The van der Waals surface area contributed by atoms with Crippen molar-refractivity contribution in [1.29, 1.82) is 0 Å². The molecule has 0 spiro atoms. The highest BCUT2D eigenvalue weighted by Gasteiger charge is 2.09. The van der Waals surface area contributed by atoms with Gasteiger partial charge in [0.25, 0.3) is 0 Å². The fourth-order valence-corrected chi connectivity index (χ4v) is 2.50. The van der Waals surface area contributed by atoms with E-state index in [1.807, 2.05) is 18.2 Å². The second-order valence-electron chi connectivity index (χ2n) is 4.86. The molecule has 2 aromatic heterocycles. The lowest BCUT2D eigenvalue weighted by molar-refractivity contribution is -0.146. The van der Waals surface area contributed by atoms with Gasteiger partial charge in [0, 0.05) is 18.8 Å². The molecular weight excluding hydrogens is 342 g/mol. The van der Waals surface area contributed by atoms with Crippen molar-refractivity contribution in [2.24, 2.45) is 0 Å². The number of carbonyl (C=O) groups excluding carboxylic acids is 2. The Morgan fingerprint density at radius 1 is 1.04 bits per heavy atom. The Morgan fingerprint density at radius 2 is 1.92 bits per heavy atom. The van der Waals surface area contributed by atoms with Crippen LogP contribution in [0, 0.1) is 0 Å². The van der Waals surface area contributed by atoms with Crippen LogP contribution < -0.4 is 0 Å². The lowest BCUT2D eigenvalue weighted by atomic mass is 10.3. The maximum Gasteiger partial charge on any atom is 0.316 e. The maximum absolute atomic E-state index is 11.7. The Hall–Kier alpha value is -2.48. The molecule has 2 heterocycles. The zero-order chi connectivity index (χ0) is 17.9. The van der Waals surface area contributed by atoms with Gasteiger partial charge in [0.2, 0.25) is 0 Å². The number of aromatic nitrogens is 3. The molecule has 132 valence electrons. The van der Waals surface area contributed by atoms with E-state index < -0.39 is 0 Å². The van der Waals surface area contributed by atoms with Crippen molar-refractivity contribution < 1.29 is 19.1 Å². The minimum absolute atomic E-state index is 0.102. The van der Waals surface area contributed by atoms with Gasteiger partial charge >= 0.3 is 11.9 Å². The van der Waals surface area contributed by atoms with Gasteiger partial charge in [0.15, 0.2) is 5.16 Å². The number of carbonyl (C=O) groups is 2. The summed E-state index contributed by atoms with van der Waals surface area (Å²) in [5.74, 6) is -0.557. The predicted molar refractivity (Wildman–Crippen MR) is 92.8 cm³/mol. The summed E-state index contributed by atoms with van der Waals surface area (Å²) >= 11 is 1.19. The van der Waals surface area contributed by atoms with E-state index in [0.29, 0.717) is 23.9 Å². The molecule has 0 N–H and O–H groups in total. The van der Waals surface area contributed by atoms with Gasteiger partial charge in [-0.1, -0.05) is 17.8 Å². The first-order chi connectivity index (χ1) is 12.2. The summed E-state index contributed by atoms with van der Waals surface area (Å²) in [6.45, 7) is 2.29. The average Bonchev–Trinajstić information content (AvgIpc) is 2.65. The first-order valence-electron chi connectivity index (χ1n) is 7.87. The minimum atomic E-state index is -0.374. The van der Waals surface area contributed by atoms with Crippen LogP contribution in [0.3, 0.4) is 0 Å². The summed E-state index contributed by atoms with van der Waals surface area (Å²) in [5.41, 5.74) is 1.44. The van der Waals surface area contributed by atoms with E-state index in [-0.39, 0.29) is 30.7 Å². The molecule has 0 aliphatic heterocycles. The third kappa shape index (κ3) is 6.88. The Labute approximate surface area is 150 Å². The van der Waals surface area contributed by atoms with Crippen LogP contribution in [-0.2, 0) is 19.1 Å². The van der Waals surface area contributed by atoms with Crippen LogP contribution in [0.15, 0.2) is 41.8 Å². The van der Waals surface area contributed by atoms with E-state index in [2.05, 4.69) is 15.0 Å². The molecule has 7 nitrogen and oxygen atoms in total. The van der Waals surface area contributed by atoms with E-state index in [0.717, 1.165) is 5.69 Å². The molecule has 0 aromatic carbocycles. The normalized spacial score (nSPS) is 10.3. The molecule has 0 aliphatic rings. The molecule has 25 heavy (non-hydrogen) atoms. The predicted octanol–water partition coefficient (Wildman–Crippen LogP) is 2.52. The van der Waals surface area contributed by atoms with Gasteiger partial charge in [-0.15, -0.1) is 0 Å². The SMILES string of the molecule is CCOC(=O)CCCOC(=O)CSc1nccc(-c2ccccn2)n1. The maximum atomic E-state index is 11.7. The van der Waals surface area contributed by atoms with E-state index >= 15 is 0 Å². The molecule has 0 atom stereocenters. The van der Waals surface area contributed by atoms with Crippen molar-refractivity contribution in [1.82, 2.24) is 15.0 Å². The molecular formula is C17H19N3O4S. The number of pyridine rings is 1. The lowest BCUT2D eigenvalue weighted by Gasteiger charge is -2.05. The van der Waals surface area contributed by atoms with Crippen molar-refractivity contribution in [2.45, 2.75) is 24.9 Å². The number of ether oxygens (including phenoxy) is 2. The van der Waals surface area contributed by atoms with Crippen molar-refractivity contribution in [3.05, 3.63) is 36.7 Å². The number of hydrogen-bond donors (Lipinski definition) is 0. The molecule has 0 aliphatic carbocycles. The summed E-state index contributed by atoms with van der Waals surface area (Å²) in [4.78, 5) is 35.6. The Bertz CT molecular complexity index is 697. The second-order valence-corrected chi connectivity index (χ2v) is 5.80. The molecule has 0 bridgehead atoms. The van der Waals surface area contributed by atoms with E-state index in [1.165, 1.54) is 11.8 Å². The third-order valence-electron chi connectivity index (χ3n) is 2.97. The van der Waals surface area contributed by atoms with Gasteiger partial charge in [0.1, 0.15) is 0 Å². The third-order valence-corrected chi connectivity index (χ3v) is 3.81. The van der Waals surface area contributed by atoms with Gasteiger partial charge in [0.05, 0.1) is 30.4 Å². The zero-order valence-corrected chi connectivity index (χ0v) is 14.7. The molecule has 2 rings (SSSR count). The molecule has 0 radical (unpaired) electrons. The molecule has 0 saturated carbocycles. The average molecular weight is 361 g/mol. The monoisotopic (exact) mass is 361 g/mol. The van der Waals surface area contributed by atoms with Crippen LogP contribution >= 0.6 is 11.8 Å². The first-order valence-corrected chi connectivity index (χ1v) is 8.86. The summed E-state index contributed by atoms with van der Waals surface area (Å²) in [6.07, 6.45) is 4.01. The minimum Gasteiger partial charge on any atom is -0.466 e. The van der Waals surface area contributed by atoms with E-state index in [1.54, 1.807) is 25.4 Å². The van der Waals surface area contributed by atoms with Gasteiger partial charge in [-0.3, -0.25) is 14.6 Å². The van der Waals surface area contributed by atoms with E-state index in [4.69, 9.17) is 9.47 Å². The highest BCUT2D eigenvalue weighted by molar-refractivity contribution is 7.99. The summed E-state index contributed by atoms with van der Waals surface area (Å²) < 4.78 is 9.87. The highest BCUT2D eigenvalue weighted by Crippen LogP contribution is 2.18. The van der Waals surface area contributed by atoms with Crippen molar-refractivity contribution in [2.75, 3.05) is 19.0 Å². The first kappa shape index (κ1) is 18.9. The quantitative estimate of drug-likeness (QED) is 0.291. The lowest BCUT2D eigenvalue weighted by Crippen LogP contribution is -2.11. The topological polar surface area (TPSA) is 91.3 Å². The van der Waals surface area contributed by atoms with Crippen molar-refractivity contribution in [3.63, 3.8) is 0 Å². The van der Waals surface area contributed by atoms with Crippen LogP contribution in [-0.4, -0.2) is 45.9 Å². The van der Waals surface area contributed by atoms with Crippen LogP contribution in [0.4, 0.5) is 0 Å². The highest BCUT2D eigenvalue weighted by atomic mass is 32.2. The zero-order valence-electron chi connectivity index (χ0n) is 13.9. The van der Waals surface area contributed by atoms with Crippen molar-refractivity contribution in [3.8, 4) is 11.4 Å². The fourth-order valence-electron chi connectivity index (χ4n) is 1.87. The van der Waals surface area contributed by atoms with Gasteiger partial charge in [-0.05, 0) is 31.5 Å². The fraction of sp³-hybridized carbons (Fsp3) is 0.353. The summed E-state index contributed by atoms with van der Waals surface area (Å²) in [7, 11) is 0. The number of esters is 2. The van der Waals surface area contributed by atoms with Crippen LogP contribution in [0.25, 0.3) is 11.4 Å². The summed E-state index contributed by atoms with van der Waals surface area (Å²) in [5, 5.41) is 0.478. The van der Waals surface area contributed by atoms with Crippen LogP contribution in [0.1, 0.15) is 19.8 Å². The standard InChI is InChI=1S/C17H19N3O4S/c1-2-23-15(21)7-5-11-24-16(22)12-25-17-19-10-8-14(20-17)13-6-3-4-9-18-13/h3-4,6,8-10H,2,5,7,11-12H2,1H3. The molecule has 0 fully saturated rings. The molecule has 2 aromatic rings. The Morgan fingerprint density at radius 3 is 2.68 bits per heavy atom. The van der Waals surface area contributed by atoms with Crippen molar-refractivity contribution >= 4 is 23.7 Å². The molecule has 8 heteroatoms. The second kappa shape index (κ2) is 10.4. The number of nitrogens with zero attached hydrogens (tertiary/aromatic N) is 3. The molecule has 0 saturated heterocycles. The Balaban J connectivity index is 1.74. The van der Waals surface area contributed by atoms with Crippen LogP contribution in [0.2, 0.25) is 0 Å². The van der Waals surface area contributed by atoms with Gasteiger partial charge in [-0.25, -0.2) is 9.97 Å². The van der Waals surface area contributed by atoms with Gasteiger partial charge < -0.3 is 9.47 Å². The van der Waals surface area contributed by atoms with E-state index in [9.17, 15) is 9.59 Å². The smallest absolute Gasteiger partial charge is 0.316 e. The van der Waals surface area contributed by atoms with Gasteiger partial charge in [-0.2, -0.15) is 0 Å². The molecule has 0 unspecified atom stereocenters. The number of thioether (sulfide) groups is 1. The number of hydrogen-bond acceptors (Lipinski definition) is 8. The largest absolute Gasteiger partial charge is 0.466 e. The molecule has 0 amide bonds. The van der Waals surface area contributed by atoms with Crippen LogP contribution in [0.5, 0.6) is 0 Å². The summed E-state index contributed by atoms with van der Waals surface area (Å²) in [6, 6.07) is 7.33. The Kier molecular flexibility index (Phi) is 7.84. The number of rotatable bonds is 9.